The van der Waals surface area contributed by atoms with Crippen molar-refractivity contribution < 1.29 is 4.79 Å². The second-order valence-corrected chi connectivity index (χ2v) is 4.19. The molecular weight excluding hydrogens is 124 g/mol. The van der Waals surface area contributed by atoms with Crippen LogP contribution in [0, 0.1) is 23.7 Å². The fraction of sp³-hybridized carbons (Fsp3) is 0.889. The van der Waals surface area contributed by atoms with Crippen molar-refractivity contribution in [3.05, 3.63) is 0 Å². The van der Waals surface area contributed by atoms with Gasteiger partial charge in [0.05, 0.1) is 0 Å². The van der Waals surface area contributed by atoms with Crippen molar-refractivity contribution in [2.45, 2.75) is 25.7 Å². The molecule has 3 aliphatic rings. The average Bonchev–Trinajstić information content (AvgIpc) is 2.35. The van der Waals surface area contributed by atoms with Gasteiger partial charge in [0.2, 0.25) is 0 Å². The van der Waals surface area contributed by atoms with Crippen molar-refractivity contribution in [3.8, 4) is 0 Å². The monoisotopic (exact) mass is 136 g/mol. The number of hydrogen-bond donors (Lipinski definition) is 0. The third kappa shape index (κ3) is 0.480. The van der Waals surface area contributed by atoms with Crippen molar-refractivity contribution >= 4 is 5.78 Å². The predicted octanol–water partition coefficient (Wildman–Crippen LogP) is 1.62. The Balaban J connectivity index is 1.91. The Morgan fingerprint density at radius 3 is 2.80 bits per heavy atom. The second kappa shape index (κ2) is 1.46. The molecule has 3 aliphatic carbocycles. The summed E-state index contributed by atoms with van der Waals surface area (Å²) >= 11 is 0. The van der Waals surface area contributed by atoms with Gasteiger partial charge in [-0.05, 0) is 36.5 Å². The molecule has 0 aliphatic heterocycles. The normalized spacial score (nSPS) is 56.6. The highest BCUT2D eigenvalue weighted by atomic mass is 16.1. The van der Waals surface area contributed by atoms with Crippen LogP contribution in [0.25, 0.3) is 0 Å². The molecule has 1 nitrogen and oxygen atoms in total. The molecule has 0 bridgehead atoms. The summed E-state index contributed by atoms with van der Waals surface area (Å²) in [6, 6.07) is 0. The van der Waals surface area contributed by atoms with Gasteiger partial charge >= 0.3 is 0 Å². The van der Waals surface area contributed by atoms with Crippen LogP contribution in [0.5, 0.6) is 0 Å². The molecule has 4 unspecified atom stereocenters. The summed E-state index contributed by atoms with van der Waals surface area (Å²) in [7, 11) is 0. The Bertz CT molecular complexity index is 197. The van der Waals surface area contributed by atoms with E-state index in [0.29, 0.717) is 5.78 Å². The average molecular weight is 136 g/mol. The Morgan fingerprint density at radius 1 is 1.10 bits per heavy atom. The lowest BCUT2D eigenvalue weighted by molar-refractivity contribution is -0.121. The van der Waals surface area contributed by atoms with Crippen LogP contribution in [-0.2, 0) is 4.79 Å². The zero-order valence-electron chi connectivity index (χ0n) is 6.05. The van der Waals surface area contributed by atoms with Gasteiger partial charge in [0, 0.05) is 12.8 Å². The number of Topliss-reactive ketones (excluding diaryl/α,β-unsaturated/α-hetero) is 1. The zero-order valence-corrected chi connectivity index (χ0v) is 6.05. The zero-order chi connectivity index (χ0) is 6.72. The number of carbonyl (C=O) groups excluding carboxylic acids is 1. The molecule has 0 radical (unpaired) electrons. The minimum Gasteiger partial charge on any atom is -0.300 e. The maximum atomic E-state index is 11.1. The standard InChI is InChI=1S/C9H12O/c10-6-3-5-1-2-7-8(4-6)9(5)7/h5,7-9H,1-4H2. The van der Waals surface area contributed by atoms with Crippen LogP contribution in [0.2, 0.25) is 0 Å². The Labute approximate surface area is 60.8 Å². The summed E-state index contributed by atoms with van der Waals surface area (Å²) in [6.07, 6.45) is 4.66. The minimum absolute atomic E-state index is 0.549. The fourth-order valence-electron chi connectivity index (χ4n) is 3.34. The summed E-state index contributed by atoms with van der Waals surface area (Å²) in [4.78, 5) is 11.1. The van der Waals surface area contributed by atoms with Gasteiger partial charge in [-0.2, -0.15) is 0 Å². The van der Waals surface area contributed by atoms with E-state index < -0.39 is 0 Å². The molecule has 3 rings (SSSR count). The van der Waals surface area contributed by atoms with Gasteiger partial charge in [0.1, 0.15) is 5.78 Å². The summed E-state index contributed by atoms with van der Waals surface area (Å²) in [5, 5.41) is 0. The van der Waals surface area contributed by atoms with E-state index in [1.54, 1.807) is 0 Å². The van der Waals surface area contributed by atoms with E-state index in [1.807, 2.05) is 0 Å². The number of hydrogen-bond acceptors (Lipinski definition) is 1. The van der Waals surface area contributed by atoms with Crippen molar-refractivity contribution in [1.29, 1.82) is 0 Å². The molecule has 1 heteroatoms. The lowest BCUT2D eigenvalue weighted by atomic mass is 9.86. The van der Waals surface area contributed by atoms with E-state index in [2.05, 4.69) is 0 Å². The Hall–Kier alpha value is -0.330. The van der Waals surface area contributed by atoms with Gasteiger partial charge in [0.15, 0.2) is 0 Å². The van der Waals surface area contributed by atoms with E-state index in [4.69, 9.17) is 0 Å². The topological polar surface area (TPSA) is 17.1 Å². The molecule has 54 valence electrons. The summed E-state index contributed by atoms with van der Waals surface area (Å²) in [5.41, 5.74) is 0. The van der Waals surface area contributed by atoms with Gasteiger partial charge in [0.25, 0.3) is 0 Å². The number of ketones is 1. The molecule has 0 aromatic heterocycles. The summed E-state index contributed by atoms with van der Waals surface area (Å²) in [6.45, 7) is 0. The predicted molar refractivity (Wildman–Crippen MR) is 37.4 cm³/mol. The first-order valence-electron chi connectivity index (χ1n) is 4.38. The number of rotatable bonds is 0. The SMILES string of the molecule is O=C1CC2CCC3C(C1)C23. The van der Waals surface area contributed by atoms with E-state index in [-0.39, 0.29) is 0 Å². The first-order valence-corrected chi connectivity index (χ1v) is 4.38. The van der Waals surface area contributed by atoms with E-state index in [1.165, 1.54) is 12.8 Å². The van der Waals surface area contributed by atoms with Crippen molar-refractivity contribution in [2.24, 2.45) is 23.7 Å². The Morgan fingerprint density at radius 2 is 2.00 bits per heavy atom. The smallest absolute Gasteiger partial charge is 0.133 e. The van der Waals surface area contributed by atoms with Gasteiger partial charge in [-0.25, -0.2) is 0 Å². The van der Waals surface area contributed by atoms with E-state index in [9.17, 15) is 4.79 Å². The largest absolute Gasteiger partial charge is 0.300 e. The summed E-state index contributed by atoms with van der Waals surface area (Å²) in [5.74, 6) is 4.25. The van der Waals surface area contributed by atoms with Gasteiger partial charge in [-0.15, -0.1) is 0 Å². The molecule has 0 aromatic rings. The highest BCUT2D eigenvalue weighted by Crippen LogP contribution is 2.65. The van der Waals surface area contributed by atoms with E-state index in [0.717, 1.165) is 36.5 Å². The second-order valence-electron chi connectivity index (χ2n) is 4.19. The number of carbonyl (C=O) groups is 1. The molecule has 0 heterocycles. The third-order valence-corrected chi connectivity index (χ3v) is 3.77. The van der Waals surface area contributed by atoms with Crippen LogP contribution in [0.3, 0.4) is 0 Å². The molecular formula is C9H12O. The maximum absolute atomic E-state index is 11.1. The third-order valence-electron chi connectivity index (χ3n) is 3.77. The molecule has 0 amide bonds. The molecule has 0 aromatic carbocycles. The van der Waals surface area contributed by atoms with Crippen molar-refractivity contribution in [1.82, 2.24) is 0 Å². The van der Waals surface area contributed by atoms with Crippen LogP contribution in [0.1, 0.15) is 25.7 Å². The van der Waals surface area contributed by atoms with Crippen LogP contribution >= 0.6 is 0 Å². The highest BCUT2D eigenvalue weighted by molar-refractivity contribution is 5.80. The molecule has 4 atom stereocenters. The van der Waals surface area contributed by atoms with Crippen molar-refractivity contribution in [2.75, 3.05) is 0 Å². The van der Waals surface area contributed by atoms with Crippen LogP contribution in [0.4, 0.5) is 0 Å². The fourth-order valence-corrected chi connectivity index (χ4v) is 3.34. The van der Waals surface area contributed by atoms with Crippen LogP contribution in [0.15, 0.2) is 0 Å². The van der Waals surface area contributed by atoms with Gasteiger partial charge in [-0.1, -0.05) is 0 Å². The molecule has 0 saturated heterocycles. The molecule has 0 spiro atoms. The molecule has 10 heavy (non-hydrogen) atoms. The van der Waals surface area contributed by atoms with Crippen LogP contribution < -0.4 is 0 Å². The highest BCUT2D eigenvalue weighted by Gasteiger charge is 2.60. The first-order chi connectivity index (χ1) is 4.86. The van der Waals surface area contributed by atoms with Gasteiger partial charge in [-0.3, -0.25) is 4.79 Å². The van der Waals surface area contributed by atoms with Crippen LogP contribution in [-0.4, -0.2) is 5.78 Å². The molecule has 0 N–H and O–H groups in total. The van der Waals surface area contributed by atoms with Crippen molar-refractivity contribution in [3.63, 3.8) is 0 Å². The molecule has 3 saturated carbocycles. The van der Waals surface area contributed by atoms with Gasteiger partial charge < -0.3 is 0 Å². The first kappa shape index (κ1) is 5.34. The minimum atomic E-state index is 0.549. The van der Waals surface area contributed by atoms with E-state index >= 15 is 0 Å². The quantitative estimate of drug-likeness (QED) is 0.494. The Kier molecular flexibility index (Phi) is 0.781. The lowest BCUT2D eigenvalue weighted by Crippen LogP contribution is -2.17. The lowest BCUT2D eigenvalue weighted by Gasteiger charge is -2.18. The number of fused-ring (bicyclic) bond motifs is 1. The maximum Gasteiger partial charge on any atom is 0.133 e. The summed E-state index contributed by atoms with van der Waals surface area (Å²) < 4.78 is 0. The molecule has 3 fully saturated rings.